The molecule has 8 heteroatoms. The van der Waals surface area contributed by atoms with E-state index in [9.17, 15) is 17.6 Å². The number of para-hydroxylation sites is 1. The minimum Gasteiger partial charge on any atom is -0.324 e. The predicted molar refractivity (Wildman–Crippen MR) is 93.4 cm³/mol. The van der Waals surface area contributed by atoms with Crippen molar-refractivity contribution in [1.82, 2.24) is 0 Å². The van der Waals surface area contributed by atoms with Gasteiger partial charge in [-0.2, -0.15) is 0 Å². The first-order valence-corrected chi connectivity index (χ1v) is 9.19. The Labute approximate surface area is 145 Å². The highest BCUT2D eigenvalue weighted by molar-refractivity contribution is 7.92. The lowest BCUT2D eigenvalue weighted by molar-refractivity contribution is -0.114. The molecule has 0 unspecified atom stereocenters. The van der Waals surface area contributed by atoms with Gasteiger partial charge in [-0.15, -0.1) is 0 Å². The summed E-state index contributed by atoms with van der Waals surface area (Å²) in [7, 11) is -3.84. The van der Waals surface area contributed by atoms with Crippen LogP contribution < -0.4 is 9.62 Å². The third-order valence-corrected chi connectivity index (χ3v) is 4.80. The molecule has 0 bridgehead atoms. The summed E-state index contributed by atoms with van der Waals surface area (Å²) in [6.45, 7) is 1.27. The molecule has 0 spiro atoms. The molecule has 0 aliphatic heterocycles. The number of hydrogen-bond donors (Lipinski definition) is 1. The largest absolute Gasteiger partial charge is 0.324 e. The highest BCUT2D eigenvalue weighted by atomic mass is 35.5. The van der Waals surface area contributed by atoms with E-state index in [1.807, 2.05) is 6.92 Å². The van der Waals surface area contributed by atoms with Crippen LogP contribution >= 0.6 is 11.6 Å². The van der Waals surface area contributed by atoms with Crippen molar-refractivity contribution in [3.8, 4) is 0 Å². The summed E-state index contributed by atoms with van der Waals surface area (Å²) in [6.07, 6.45) is 0.912. The maximum Gasteiger partial charge on any atom is 0.245 e. The Morgan fingerprint density at radius 1 is 1.25 bits per heavy atom. The van der Waals surface area contributed by atoms with Crippen LogP contribution in [0.4, 0.5) is 15.8 Å². The number of sulfonamides is 1. The maximum absolute atomic E-state index is 13.9. The number of carbonyl (C=O) groups excluding carboxylic acids is 1. The summed E-state index contributed by atoms with van der Waals surface area (Å²) in [5.74, 6) is -1.34. The molecule has 24 heavy (non-hydrogen) atoms. The van der Waals surface area contributed by atoms with E-state index in [2.05, 4.69) is 5.32 Å². The molecular weight excluding hydrogens is 355 g/mol. The minimum atomic E-state index is -3.84. The third-order valence-electron chi connectivity index (χ3n) is 3.26. The van der Waals surface area contributed by atoms with Crippen LogP contribution in [0.1, 0.15) is 5.56 Å². The van der Waals surface area contributed by atoms with Crippen LogP contribution in [0, 0.1) is 12.7 Å². The number of anilines is 2. The van der Waals surface area contributed by atoms with E-state index in [4.69, 9.17) is 11.6 Å². The second-order valence-corrected chi connectivity index (χ2v) is 7.55. The Morgan fingerprint density at radius 2 is 1.92 bits per heavy atom. The van der Waals surface area contributed by atoms with Crippen LogP contribution in [0.2, 0.25) is 5.02 Å². The first kappa shape index (κ1) is 18.2. The number of hydrogen-bond acceptors (Lipinski definition) is 3. The summed E-state index contributed by atoms with van der Waals surface area (Å²) in [5.41, 5.74) is 1.09. The van der Waals surface area contributed by atoms with Gasteiger partial charge >= 0.3 is 0 Å². The van der Waals surface area contributed by atoms with Crippen molar-refractivity contribution >= 4 is 38.9 Å². The standard InChI is InChI=1S/C16H16ClFN2O3S/c1-11-7-8-12(9-13(11)17)19-16(21)10-20(24(2,22)23)15-6-4-3-5-14(15)18/h3-9H,10H2,1-2H3,(H,19,21). The number of amides is 1. The molecule has 0 fully saturated rings. The van der Waals surface area contributed by atoms with E-state index in [0.29, 0.717) is 15.0 Å². The van der Waals surface area contributed by atoms with Gasteiger partial charge in [0.15, 0.2) is 0 Å². The molecule has 0 aromatic heterocycles. The zero-order valence-corrected chi connectivity index (χ0v) is 14.7. The van der Waals surface area contributed by atoms with Gasteiger partial charge in [0.05, 0.1) is 11.9 Å². The normalized spacial score (nSPS) is 11.2. The van der Waals surface area contributed by atoms with Gasteiger partial charge in [-0.1, -0.05) is 29.8 Å². The topological polar surface area (TPSA) is 66.5 Å². The lowest BCUT2D eigenvalue weighted by atomic mass is 10.2. The van der Waals surface area contributed by atoms with E-state index in [1.54, 1.807) is 18.2 Å². The lowest BCUT2D eigenvalue weighted by Crippen LogP contribution is -2.38. The van der Waals surface area contributed by atoms with Gasteiger partial charge in [0.25, 0.3) is 0 Å². The third kappa shape index (κ3) is 4.46. The number of nitrogens with one attached hydrogen (secondary N) is 1. The van der Waals surface area contributed by atoms with Crippen molar-refractivity contribution in [1.29, 1.82) is 0 Å². The van der Waals surface area contributed by atoms with E-state index >= 15 is 0 Å². The Hall–Kier alpha value is -2.12. The van der Waals surface area contributed by atoms with Crippen molar-refractivity contribution < 1.29 is 17.6 Å². The zero-order valence-electron chi connectivity index (χ0n) is 13.1. The Kier molecular flexibility index (Phi) is 5.46. The number of carbonyl (C=O) groups is 1. The second-order valence-electron chi connectivity index (χ2n) is 5.23. The Balaban J connectivity index is 2.22. The fourth-order valence-corrected chi connectivity index (χ4v) is 3.07. The Bertz CT molecular complexity index is 871. The molecule has 5 nitrogen and oxygen atoms in total. The van der Waals surface area contributed by atoms with E-state index in [-0.39, 0.29) is 5.69 Å². The second kappa shape index (κ2) is 7.19. The van der Waals surface area contributed by atoms with Gasteiger partial charge < -0.3 is 5.32 Å². The fourth-order valence-electron chi connectivity index (χ4n) is 2.04. The molecule has 2 aromatic carbocycles. The van der Waals surface area contributed by atoms with Gasteiger partial charge in [0, 0.05) is 10.7 Å². The average molecular weight is 371 g/mol. The van der Waals surface area contributed by atoms with Crippen molar-refractivity contribution in [2.24, 2.45) is 0 Å². The van der Waals surface area contributed by atoms with Gasteiger partial charge in [-0.05, 0) is 36.8 Å². The molecule has 2 aromatic rings. The first-order valence-electron chi connectivity index (χ1n) is 6.97. The van der Waals surface area contributed by atoms with E-state index in [1.165, 1.54) is 18.2 Å². The number of benzene rings is 2. The molecule has 2 rings (SSSR count). The summed E-state index contributed by atoms with van der Waals surface area (Å²) in [5, 5.41) is 3.02. The summed E-state index contributed by atoms with van der Waals surface area (Å²) >= 11 is 5.99. The molecule has 0 saturated carbocycles. The molecule has 0 saturated heterocycles. The molecule has 0 aliphatic carbocycles. The van der Waals surface area contributed by atoms with Gasteiger partial charge in [-0.3, -0.25) is 9.10 Å². The predicted octanol–water partition coefficient (Wildman–Crippen LogP) is 3.19. The molecule has 0 aliphatic rings. The smallest absolute Gasteiger partial charge is 0.245 e. The molecule has 1 amide bonds. The zero-order chi connectivity index (χ0) is 17.9. The number of halogens is 2. The minimum absolute atomic E-state index is 0.183. The Morgan fingerprint density at radius 3 is 2.50 bits per heavy atom. The molecular formula is C16H16ClFN2O3S. The SMILES string of the molecule is Cc1ccc(NC(=O)CN(c2ccccc2F)S(C)(=O)=O)cc1Cl. The fraction of sp³-hybridized carbons (Fsp3) is 0.188. The van der Waals surface area contributed by atoms with Crippen LogP contribution in [0.3, 0.4) is 0 Å². The molecule has 0 heterocycles. The summed E-state index contributed by atoms with van der Waals surface area (Å²) < 4.78 is 38.5. The summed E-state index contributed by atoms with van der Waals surface area (Å²) in [6, 6.07) is 10.3. The first-order chi connectivity index (χ1) is 11.2. The van der Waals surface area contributed by atoms with Crippen molar-refractivity contribution in [2.75, 3.05) is 22.4 Å². The van der Waals surface area contributed by atoms with Gasteiger partial charge in [0.1, 0.15) is 12.4 Å². The van der Waals surface area contributed by atoms with Gasteiger partial charge in [-0.25, -0.2) is 12.8 Å². The number of aryl methyl sites for hydroxylation is 1. The van der Waals surface area contributed by atoms with Crippen molar-refractivity contribution in [3.05, 3.63) is 58.9 Å². The van der Waals surface area contributed by atoms with Crippen molar-refractivity contribution in [3.63, 3.8) is 0 Å². The van der Waals surface area contributed by atoms with Gasteiger partial charge in [0.2, 0.25) is 15.9 Å². The van der Waals surface area contributed by atoms with Crippen LogP contribution in [0.5, 0.6) is 0 Å². The highest BCUT2D eigenvalue weighted by Gasteiger charge is 2.23. The summed E-state index contributed by atoms with van der Waals surface area (Å²) in [4.78, 5) is 12.2. The van der Waals surface area contributed by atoms with Crippen LogP contribution in [0.15, 0.2) is 42.5 Å². The maximum atomic E-state index is 13.9. The molecule has 1 N–H and O–H groups in total. The number of rotatable bonds is 5. The average Bonchev–Trinajstić information content (AvgIpc) is 2.48. The van der Waals surface area contributed by atoms with Crippen LogP contribution in [-0.4, -0.2) is 27.1 Å². The van der Waals surface area contributed by atoms with E-state index < -0.39 is 28.3 Å². The van der Waals surface area contributed by atoms with E-state index in [0.717, 1.165) is 17.9 Å². The quantitative estimate of drug-likeness (QED) is 0.878. The molecule has 128 valence electrons. The number of nitrogens with zero attached hydrogens (tertiary/aromatic N) is 1. The molecule has 0 atom stereocenters. The van der Waals surface area contributed by atoms with Crippen LogP contribution in [-0.2, 0) is 14.8 Å². The molecule has 0 radical (unpaired) electrons. The van der Waals surface area contributed by atoms with Crippen LogP contribution in [0.25, 0.3) is 0 Å². The lowest BCUT2D eigenvalue weighted by Gasteiger charge is -2.22. The highest BCUT2D eigenvalue weighted by Crippen LogP contribution is 2.22. The monoisotopic (exact) mass is 370 g/mol. The van der Waals surface area contributed by atoms with Crippen molar-refractivity contribution in [2.45, 2.75) is 6.92 Å².